The van der Waals surface area contributed by atoms with Crippen molar-refractivity contribution in [2.75, 3.05) is 32.9 Å². The molecule has 1 unspecified atom stereocenters. The Morgan fingerprint density at radius 2 is 1.70 bits per heavy atom. The largest absolute Gasteiger partial charge is 0.524 e. The number of rotatable bonds is 23. The van der Waals surface area contributed by atoms with Gasteiger partial charge in [0.1, 0.15) is 12.4 Å². The monoisotopic (exact) mass is 991 g/mol. The molecular weight excluding hydrogens is 918 g/mol. The number of aliphatic hydroxyl groups is 2. The van der Waals surface area contributed by atoms with Crippen LogP contribution in [0, 0.1) is 34.5 Å². The van der Waals surface area contributed by atoms with E-state index in [2.05, 4.69) is 36.5 Å². The average Bonchev–Trinajstić information content (AvgIpc) is 3.85. The number of unbranched alkanes of at least 4 members (excludes halogenated alkanes) is 4. The molecule has 5 N–H and O–H groups in total. The van der Waals surface area contributed by atoms with Gasteiger partial charge in [0.05, 0.1) is 18.3 Å². The highest BCUT2D eigenvalue weighted by atomic mass is 31.2. The average molecular weight is 992 g/mol. The van der Waals surface area contributed by atoms with Gasteiger partial charge in [-0.1, -0.05) is 94.0 Å². The van der Waals surface area contributed by atoms with E-state index in [-0.39, 0.29) is 53.7 Å². The first-order valence-corrected chi connectivity index (χ1v) is 27.3. The van der Waals surface area contributed by atoms with E-state index in [9.17, 15) is 38.9 Å². The van der Waals surface area contributed by atoms with E-state index in [0.717, 1.165) is 102 Å². The Morgan fingerprint density at radius 3 is 2.47 bits per heavy atom. The van der Waals surface area contributed by atoms with Crippen molar-refractivity contribution in [1.82, 2.24) is 5.32 Å². The van der Waals surface area contributed by atoms with Gasteiger partial charge in [-0.15, -0.1) is 0 Å². The van der Waals surface area contributed by atoms with Crippen LogP contribution in [0.3, 0.4) is 0 Å². The number of Topliss-reactive ketones (excluding diaryl/α,β-unsaturated/α-hetero) is 1. The molecule has 2 aromatic rings. The van der Waals surface area contributed by atoms with Crippen LogP contribution in [0.15, 0.2) is 72.3 Å². The summed E-state index contributed by atoms with van der Waals surface area (Å²) >= 11 is 0. The van der Waals surface area contributed by atoms with Crippen LogP contribution >= 0.6 is 7.82 Å². The molecule has 8 rings (SSSR count). The van der Waals surface area contributed by atoms with Crippen molar-refractivity contribution in [2.45, 2.75) is 153 Å². The molecule has 10 atom stereocenters. The summed E-state index contributed by atoms with van der Waals surface area (Å²) in [6.45, 7) is 5.26. The lowest BCUT2D eigenvalue weighted by molar-refractivity contribution is -0.209. The second kappa shape index (κ2) is 23.0. The molecule has 384 valence electrons. The summed E-state index contributed by atoms with van der Waals surface area (Å²) in [5, 5.41) is 26.5. The number of fused-ring (bicyclic) bond motifs is 7. The molecule has 0 spiro atoms. The Kier molecular flexibility index (Phi) is 17.3. The van der Waals surface area contributed by atoms with E-state index in [1.807, 2.05) is 19.1 Å². The molecule has 70 heavy (non-hydrogen) atoms. The van der Waals surface area contributed by atoms with Gasteiger partial charge in [0.25, 0.3) is 0 Å². The number of ketones is 2. The van der Waals surface area contributed by atoms with Gasteiger partial charge >= 0.3 is 14.0 Å². The number of carbonyl (C=O) groups is 3. The molecule has 0 amide bonds. The van der Waals surface area contributed by atoms with Crippen molar-refractivity contribution in [3.8, 4) is 5.75 Å². The first-order valence-electron chi connectivity index (χ1n) is 25.8. The molecule has 0 aromatic heterocycles. The van der Waals surface area contributed by atoms with Crippen LogP contribution in [-0.4, -0.2) is 94.7 Å². The fourth-order valence-corrected chi connectivity index (χ4v) is 13.6. The Bertz CT molecular complexity index is 2240. The molecule has 0 bridgehead atoms. The lowest BCUT2D eigenvalue weighted by Gasteiger charge is -2.59. The Morgan fingerprint density at radius 1 is 0.943 bits per heavy atom. The fraction of sp³-hybridized carbons (Fsp3) is 0.648. The second-order valence-corrected chi connectivity index (χ2v) is 22.2. The number of hydrogen-bond donors (Lipinski definition) is 5. The van der Waals surface area contributed by atoms with Crippen LogP contribution in [0.5, 0.6) is 5.75 Å². The zero-order valence-corrected chi connectivity index (χ0v) is 41.7. The van der Waals surface area contributed by atoms with Crippen LogP contribution in [0.4, 0.5) is 4.79 Å². The third kappa shape index (κ3) is 11.7. The third-order valence-electron chi connectivity index (χ3n) is 16.6. The summed E-state index contributed by atoms with van der Waals surface area (Å²) < 4.78 is 47.3. The van der Waals surface area contributed by atoms with Gasteiger partial charge in [-0.3, -0.25) is 19.4 Å². The quantitative estimate of drug-likeness (QED) is 0.0401. The molecule has 0 radical (unpaired) electrons. The normalized spacial score (nSPS) is 30.9. The second-order valence-electron chi connectivity index (χ2n) is 21.1. The van der Waals surface area contributed by atoms with E-state index in [4.69, 9.17) is 28.2 Å². The molecule has 5 aliphatic carbocycles. The highest BCUT2D eigenvalue weighted by Gasteiger charge is 2.76. The van der Waals surface area contributed by atoms with E-state index < -0.39 is 74.0 Å². The summed E-state index contributed by atoms with van der Waals surface area (Å²) in [4.78, 5) is 59.9. The van der Waals surface area contributed by atoms with Gasteiger partial charge in [-0.05, 0) is 124 Å². The fourth-order valence-electron chi connectivity index (χ4n) is 13.2. The van der Waals surface area contributed by atoms with Crippen LogP contribution in [0.2, 0.25) is 0 Å². The van der Waals surface area contributed by atoms with Crippen molar-refractivity contribution >= 4 is 25.5 Å². The Balaban J connectivity index is 0.842. The van der Waals surface area contributed by atoms with Crippen LogP contribution in [-0.2, 0) is 50.9 Å². The van der Waals surface area contributed by atoms with Crippen molar-refractivity contribution in [1.29, 1.82) is 0 Å². The molecule has 5 fully saturated rings. The predicted octanol–water partition coefficient (Wildman–Crippen LogP) is 8.55. The van der Waals surface area contributed by atoms with Gasteiger partial charge in [0, 0.05) is 48.0 Å². The van der Waals surface area contributed by atoms with Crippen LogP contribution in [0.1, 0.15) is 133 Å². The number of phosphoric acid groups is 1. The summed E-state index contributed by atoms with van der Waals surface area (Å²) in [6.07, 6.45) is 15.4. The first kappa shape index (κ1) is 52.6. The number of ether oxygens (including phenoxy) is 5. The number of carbonyl (C=O) groups excluding carboxylic acids is 3. The zero-order valence-electron chi connectivity index (χ0n) is 40.8. The van der Waals surface area contributed by atoms with E-state index >= 15 is 0 Å². The van der Waals surface area contributed by atoms with Crippen molar-refractivity contribution < 1.29 is 67.2 Å². The molecule has 1 heterocycles. The summed E-state index contributed by atoms with van der Waals surface area (Å²) in [5.41, 5.74) is -0.0431. The van der Waals surface area contributed by atoms with E-state index in [1.54, 1.807) is 12.2 Å². The number of aliphatic hydroxyl groups excluding tert-OH is 2. The maximum absolute atomic E-state index is 14.9. The van der Waals surface area contributed by atoms with Crippen LogP contribution in [0.25, 0.3) is 0 Å². The number of benzene rings is 2. The maximum atomic E-state index is 14.9. The molecule has 16 heteroatoms. The number of nitrogens with one attached hydrogen (secondary N) is 1. The maximum Gasteiger partial charge on any atom is 0.524 e. The molecule has 15 nitrogen and oxygen atoms in total. The van der Waals surface area contributed by atoms with E-state index in [1.165, 1.54) is 23.8 Å². The topological polar surface area (TPSA) is 217 Å². The number of aryl methyl sites for hydroxylation is 1. The summed E-state index contributed by atoms with van der Waals surface area (Å²) in [5.74, 6) is -0.900. The lowest BCUT2D eigenvalue weighted by atomic mass is 9.46. The molecular formula is C54H74NO14P. The van der Waals surface area contributed by atoms with Crippen molar-refractivity contribution in [3.05, 3.63) is 89.0 Å². The standard InChI is InChI=1S/C54H74NO14P/c1-52-25-24-41(56)30-40(52)21-22-42-43-31-48-54(53(43,2)32-44(57)49(42)52,68-50(67-48)37-18-9-6-10-19-37)47(59)35-66-51(60)65-34-39-29-38(20-23-46(39)69-70(61,62)63)45(58)33-55-26-12-3-4-13-27-64-28-14-11-17-36-15-7-5-8-16-36/h5,7-8,15-16,20,23-25,29-30,37,42-45,48-50,55,57-58H,3-4,6,9-14,17-19,21-22,26-28,31-35H2,1-2H3,(H2,61,62,63)/t42-,43-,44-,45-,48?,49+,50+,52-,53-,54+/m0/s1. The van der Waals surface area contributed by atoms with Crippen molar-refractivity contribution in [3.63, 3.8) is 0 Å². The third-order valence-corrected chi connectivity index (χ3v) is 17.1. The predicted molar refractivity (Wildman–Crippen MR) is 259 cm³/mol. The minimum absolute atomic E-state index is 0.0109. The number of allylic oxidation sites excluding steroid dienone is 4. The highest BCUT2D eigenvalue weighted by molar-refractivity contribution is 7.46. The molecule has 1 saturated heterocycles. The molecule has 6 aliphatic rings. The van der Waals surface area contributed by atoms with E-state index in [0.29, 0.717) is 24.9 Å². The number of hydrogen-bond acceptors (Lipinski definition) is 13. The van der Waals surface area contributed by atoms with Crippen LogP contribution < -0.4 is 9.84 Å². The summed E-state index contributed by atoms with van der Waals surface area (Å²) in [7, 11) is -5.03. The smallest absolute Gasteiger partial charge is 0.429 e. The Hall–Kier alpha value is -3.76. The number of phosphoric ester groups is 1. The lowest BCUT2D eigenvalue weighted by Crippen LogP contribution is -2.63. The molecule has 4 saturated carbocycles. The van der Waals surface area contributed by atoms with Gasteiger partial charge < -0.3 is 43.7 Å². The first-order chi connectivity index (χ1) is 33.6. The Labute approximate surface area is 412 Å². The van der Waals surface area contributed by atoms with Gasteiger partial charge in [-0.25, -0.2) is 9.36 Å². The SMILES string of the molecule is C[C@]12C=CC(=O)C=C1CC[C@@H]1[C@@H]2[C@@H](O)C[C@@]2(C)[C@H]1CC1O[C@@H](C3CCCCC3)O[C@]12C(=O)COC(=O)OCc1cc([C@@H](O)CNCCCCCCOCCCCc2ccccc2)ccc1OP(=O)(O)O. The minimum atomic E-state index is -5.03. The molecule has 1 aliphatic heterocycles. The minimum Gasteiger partial charge on any atom is -0.429 e. The van der Waals surface area contributed by atoms with Crippen molar-refractivity contribution in [2.24, 2.45) is 34.5 Å². The van der Waals surface area contributed by atoms with Gasteiger partial charge in [0.15, 0.2) is 24.3 Å². The van der Waals surface area contributed by atoms with Gasteiger partial charge in [0.2, 0.25) is 5.78 Å². The molecule has 2 aromatic carbocycles. The van der Waals surface area contributed by atoms with Gasteiger partial charge in [-0.2, -0.15) is 0 Å². The summed E-state index contributed by atoms with van der Waals surface area (Å²) in [6, 6.07) is 14.7. The highest BCUT2D eigenvalue weighted by Crippen LogP contribution is 2.70. The zero-order chi connectivity index (χ0) is 49.5.